The number of hydrogen-bond acceptors (Lipinski definition) is 4. The van der Waals surface area contributed by atoms with E-state index in [1.165, 1.54) is 0 Å². The molecule has 0 spiro atoms. The van der Waals surface area contributed by atoms with Crippen LogP contribution < -0.4 is 5.32 Å². The predicted molar refractivity (Wildman–Crippen MR) is 64.2 cm³/mol. The van der Waals surface area contributed by atoms with Crippen LogP contribution in [0.4, 0.5) is 0 Å². The first-order valence-electron chi connectivity index (χ1n) is 5.85. The van der Waals surface area contributed by atoms with E-state index in [2.05, 4.69) is 29.1 Å². The van der Waals surface area contributed by atoms with Crippen LogP contribution in [-0.2, 0) is 4.74 Å². The van der Waals surface area contributed by atoms with Gasteiger partial charge in [-0.3, -0.25) is 9.97 Å². The van der Waals surface area contributed by atoms with Crippen LogP contribution in [0.15, 0.2) is 18.6 Å². The van der Waals surface area contributed by atoms with E-state index >= 15 is 0 Å². The zero-order valence-electron chi connectivity index (χ0n) is 10.3. The molecule has 0 amide bonds. The zero-order chi connectivity index (χ0) is 11.8. The van der Waals surface area contributed by atoms with Crippen molar-refractivity contribution in [1.82, 2.24) is 15.3 Å². The second-order valence-corrected chi connectivity index (χ2v) is 3.74. The Morgan fingerprint density at radius 3 is 2.69 bits per heavy atom. The number of ether oxygens (including phenoxy) is 1. The summed E-state index contributed by atoms with van der Waals surface area (Å²) in [5.74, 6) is 0. The molecule has 90 valence electrons. The Kier molecular flexibility index (Phi) is 5.96. The van der Waals surface area contributed by atoms with Crippen LogP contribution in [0.2, 0.25) is 0 Å². The summed E-state index contributed by atoms with van der Waals surface area (Å²) >= 11 is 0. The van der Waals surface area contributed by atoms with Gasteiger partial charge in [0.2, 0.25) is 0 Å². The fourth-order valence-electron chi connectivity index (χ4n) is 1.74. The van der Waals surface area contributed by atoms with Gasteiger partial charge in [-0.2, -0.15) is 0 Å². The number of methoxy groups -OCH3 is 1. The SMILES string of the molecule is CCCNC(c1cnccn1)C(CC)OC. The molecular formula is C12H21N3O. The van der Waals surface area contributed by atoms with Gasteiger partial charge in [-0.15, -0.1) is 0 Å². The lowest BCUT2D eigenvalue weighted by molar-refractivity contribution is 0.0636. The summed E-state index contributed by atoms with van der Waals surface area (Å²) in [4.78, 5) is 8.45. The summed E-state index contributed by atoms with van der Waals surface area (Å²) in [5.41, 5.74) is 0.949. The van der Waals surface area contributed by atoms with E-state index in [9.17, 15) is 0 Å². The van der Waals surface area contributed by atoms with Crippen molar-refractivity contribution in [1.29, 1.82) is 0 Å². The van der Waals surface area contributed by atoms with Gasteiger partial charge < -0.3 is 10.1 Å². The van der Waals surface area contributed by atoms with E-state index in [1.807, 2.05) is 0 Å². The molecule has 1 aromatic rings. The standard InChI is InChI=1S/C12H21N3O/c1-4-6-15-12(11(5-2)16-3)10-9-13-7-8-14-10/h7-9,11-12,15H,4-6H2,1-3H3. The third-order valence-electron chi connectivity index (χ3n) is 2.59. The van der Waals surface area contributed by atoms with Crippen LogP contribution in [0.1, 0.15) is 38.4 Å². The Morgan fingerprint density at radius 2 is 2.19 bits per heavy atom. The molecule has 1 heterocycles. The number of nitrogens with one attached hydrogen (secondary N) is 1. The minimum atomic E-state index is 0.128. The molecule has 0 aliphatic heterocycles. The molecule has 16 heavy (non-hydrogen) atoms. The van der Waals surface area contributed by atoms with Crippen molar-refractivity contribution in [2.24, 2.45) is 0 Å². The highest BCUT2D eigenvalue weighted by Gasteiger charge is 2.21. The van der Waals surface area contributed by atoms with Crippen LogP contribution >= 0.6 is 0 Å². The maximum atomic E-state index is 5.48. The first-order chi connectivity index (χ1) is 7.83. The Morgan fingerprint density at radius 1 is 1.38 bits per heavy atom. The summed E-state index contributed by atoms with van der Waals surface area (Å²) in [7, 11) is 1.74. The van der Waals surface area contributed by atoms with Gasteiger partial charge in [0, 0.05) is 19.5 Å². The molecule has 2 atom stereocenters. The average molecular weight is 223 g/mol. The molecule has 0 saturated heterocycles. The van der Waals surface area contributed by atoms with Crippen LogP contribution in [0.25, 0.3) is 0 Å². The molecule has 1 aromatic heterocycles. The third kappa shape index (κ3) is 3.54. The number of rotatable bonds is 7. The van der Waals surface area contributed by atoms with Gasteiger partial charge in [-0.1, -0.05) is 13.8 Å². The summed E-state index contributed by atoms with van der Waals surface area (Å²) in [6, 6.07) is 0.128. The summed E-state index contributed by atoms with van der Waals surface area (Å²) in [6.45, 7) is 5.22. The minimum Gasteiger partial charge on any atom is -0.379 e. The Bertz CT molecular complexity index is 275. The lowest BCUT2D eigenvalue weighted by Crippen LogP contribution is -2.34. The Balaban J connectivity index is 2.78. The molecule has 0 aliphatic rings. The zero-order valence-corrected chi connectivity index (χ0v) is 10.3. The highest BCUT2D eigenvalue weighted by atomic mass is 16.5. The van der Waals surface area contributed by atoms with Crippen LogP contribution in [-0.4, -0.2) is 29.7 Å². The van der Waals surface area contributed by atoms with Crippen molar-refractivity contribution in [3.63, 3.8) is 0 Å². The molecule has 0 radical (unpaired) electrons. The Hall–Kier alpha value is -1.00. The lowest BCUT2D eigenvalue weighted by atomic mass is 10.1. The first kappa shape index (κ1) is 13.1. The maximum Gasteiger partial charge on any atom is 0.0782 e. The number of nitrogens with zero attached hydrogens (tertiary/aromatic N) is 2. The second-order valence-electron chi connectivity index (χ2n) is 3.74. The molecule has 2 unspecified atom stereocenters. The highest BCUT2D eigenvalue weighted by Crippen LogP contribution is 2.18. The molecular weight excluding hydrogens is 202 g/mol. The van der Waals surface area contributed by atoms with Crippen molar-refractivity contribution in [2.75, 3.05) is 13.7 Å². The third-order valence-corrected chi connectivity index (χ3v) is 2.59. The Labute approximate surface area is 97.5 Å². The van der Waals surface area contributed by atoms with E-state index in [-0.39, 0.29) is 12.1 Å². The largest absolute Gasteiger partial charge is 0.379 e. The fraction of sp³-hybridized carbons (Fsp3) is 0.667. The molecule has 0 aliphatic carbocycles. The van der Waals surface area contributed by atoms with Gasteiger partial charge in [0.25, 0.3) is 0 Å². The topological polar surface area (TPSA) is 47.0 Å². The molecule has 1 N–H and O–H groups in total. The van der Waals surface area contributed by atoms with Crippen LogP contribution in [0.3, 0.4) is 0 Å². The molecule has 0 fully saturated rings. The van der Waals surface area contributed by atoms with E-state index in [0.29, 0.717) is 0 Å². The number of aromatic nitrogens is 2. The normalized spacial score (nSPS) is 14.7. The molecule has 4 nitrogen and oxygen atoms in total. The summed E-state index contributed by atoms with van der Waals surface area (Å²) in [6.07, 6.45) is 7.40. The average Bonchev–Trinajstić information content (AvgIpc) is 2.35. The van der Waals surface area contributed by atoms with Gasteiger partial charge in [-0.25, -0.2) is 0 Å². The molecule has 0 saturated carbocycles. The van der Waals surface area contributed by atoms with E-state index in [4.69, 9.17) is 4.74 Å². The second kappa shape index (κ2) is 7.30. The van der Waals surface area contributed by atoms with E-state index < -0.39 is 0 Å². The molecule has 0 bridgehead atoms. The van der Waals surface area contributed by atoms with E-state index in [0.717, 1.165) is 25.1 Å². The van der Waals surface area contributed by atoms with Crippen molar-refractivity contribution in [2.45, 2.75) is 38.8 Å². The summed E-state index contributed by atoms with van der Waals surface area (Å²) in [5, 5.41) is 3.46. The molecule has 0 aromatic carbocycles. The maximum absolute atomic E-state index is 5.48. The van der Waals surface area contributed by atoms with Gasteiger partial charge in [-0.05, 0) is 19.4 Å². The lowest BCUT2D eigenvalue weighted by Gasteiger charge is -2.25. The van der Waals surface area contributed by atoms with E-state index in [1.54, 1.807) is 25.7 Å². The molecule has 4 heteroatoms. The minimum absolute atomic E-state index is 0.128. The van der Waals surface area contributed by atoms with Gasteiger partial charge >= 0.3 is 0 Å². The predicted octanol–water partition coefficient (Wildman–Crippen LogP) is 1.94. The van der Waals surface area contributed by atoms with Crippen LogP contribution in [0.5, 0.6) is 0 Å². The first-order valence-corrected chi connectivity index (χ1v) is 5.85. The van der Waals surface area contributed by atoms with Crippen LogP contribution in [0, 0.1) is 0 Å². The smallest absolute Gasteiger partial charge is 0.0782 e. The van der Waals surface area contributed by atoms with Crippen molar-refractivity contribution >= 4 is 0 Å². The van der Waals surface area contributed by atoms with Gasteiger partial charge in [0.15, 0.2) is 0 Å². The number of hydrogen-bond donors (Lipinski definition) is 1. The fourth-order valence-corrected chi connectivity index (χ4v) is 1.74. The van der Waals surface area contributed by atoms with Crippen molar-refractivity contribution < 1.29 is 4.74 Å². The van der Waals surface area contributed by atoms with Gasteiger partial charge in [0.05, 0.1) is 24.0 Å². The molecule has 1 rings (SSSR count). The van der Waals surface area contributed by atoms with Crippen molar-refractivity contribution in [3.8, 4) is 0 Å². The van der Waals surface area contributed by atoms with Gasteiger partial charge in [0.1, 0.15) is 0 Å². The van der Waals surface area contributed by atoms with Crippen molar-refractivity contribution in [3.05, 3.63) is 24.3 Å². The summed E-state index contributed by atoms with van der Waals surface area (Å²) < 4.78 is 5.48. The highest BCUT2D eigenvalue weighted by molar-refractivity contribution is 5.04. The monoisotopic (exact) mass is 223 g/mol. The quantitative estimate of drug-likeness (QED) is 0.767.